The van der Waals surface area contributed by atoms with Crippen LogP contribution in [0.4, 0.5) is 0 Å². The molecule has 0 heterocycles. The fraction of sp³-hybridized carbons (Fsp3) is 0.250. The molecule has 4 heteroatoms. The minimum absolute atomic E-state index is 0.0414. The molecule has 1 unspecified atom stereocenters. The third-order valence-electron chi connectivity index (χ3n) is 4.13. The topological polar surface area (TPSA) is 38.0 Å². The molecule has 3 N–H and O–H groups in total. The molecular weight excluding hydrogens is 291 g/mol. The standard InChI is InChI=1S/C16H16Cl2N2/c17-13-7-6-11(10-14(13)18)15(20-19)16(8-9-16)12-4-2-1-3-5-12/h1-7,10,15,20H,8-9,19H2. The Labute approximate surface area is 128 Å². The number of hydrazine groups is 1. The Hall–Kier alpha value is -1.06. The van der Waals surface area contributed by atoms with Crippen LogP contribution in [-0.2, 0) is 5.41 Å². The first-order valence-corrected chi connectivity index (χ1v) is 7.39. The fourth-order valence-electron chi connectivity index (χ4n) is 2.92. The van der Waals surface area contributed by atoms with Crippen LogP contribution in [-0.4, -0.2) is 0 Å². The molecule has 1 atom stereocenters. The zero-order chi connectivity index (χ0) is 14.2. The van der Waals surface area contributed by atoms with Gasteiger partial charge >= 0.3 is 0 Å². The average molecular weight is 307 g/mol. The summed E-state index contributed by atoms with van der Waals surface area (Å²) in [7, 11) is 0. The van der Waals surface area contributed by atoms with E-state index in [0.29, 0.717) is 10.0 Å². The third kappa shape index (κ3) is 2.33. The SMILES string of the molecule is NNC(c1ccc(Cl)c(Cl)c1)C1(c2ccccc2)CC1. The molecule has 0 aliphatic heterocycles. The second kappa shape index (κ2) is 5.38. The van der Waals surface area contributed by atoms with Crippen LogP contribution in [0.2, 0.25) is 10.0 Å². The van der Waals surface area contributed by atoms with Gasteiger partial charge in [-0.1, -0.05) is 59.6 Å². The molecule has 20 heavy (non-hydrogen) atoms. The first-order chi connectivity index (χ1) is 9.67. The molecule has 0 amide bonds. The summed E-state index contributed by atoms with van der Waals surface area (Å²) in [4.78, 5) is 0. The average Bonchev–Trinajstić information content (AvgIpc) is 3.26. The van der Waals surface area contributed by atoms with Crippen molar-refractivity contribution in [2.24, 2.45) is 5.84 Å². The van der Waals surface area contributed by atoms with Gasteiger partial charge in [-0.15, -0.1) is 0 Å². The molecular formula is C16H16Cl2N2. The van der Waals surface area contributed by atoms with Crippen molar-refractivity contribution in [1.82, 2.24) is 5.43 Å². The highest BCUT2D eigenvalue weighted by atomic mass is 35.5. The molecule has 0 bridgehead atoms. The van der Waals surface area contributed by atoms with Crippen molar-refractivity contribution in [2.75, 3.05) is 0 Å². The fourth-order valence-corrected chi connectivity index (χ4v) is 3.22. The molecule has 3 rings (SSSR count). The predicted octanol–water partition coefficient (Wildman–Crippen LogP) is 4.23. The lowest BCUT2D eigenvalue weighted by Crippen LogP contribution is -2.36. The van der Waals surface area contributed by atoms with Gasteiger partial charge in [-0.05, 0) is 36.1 Å². The first kappa shape index (κ1) is 13.9. The smallest absolute Gasteiger partial charge is 0.0595 e. The van der Waals surface area contributed by atoms with E-state index in [1.807, 2.05) is 24.3 Å². The minimum Gasteiger partial charge on any atom is -0.271 e. The summed E-state index contributed by atoms with van der Waals surface area (Å²) in [6.07, 6.45) is 2.23. The van der Waals surface area contributed by atoms with Crippen molar-refractivity contribution < 1.29 is 0 Å². The molecule has 1 aliphatic rings. The van der Waals surface area contributed by atoms with Crippen molar-refractivity contribution in [2.45, 2.75) is 24.3 Å². The summed E-state index contributed by atoms with van der Waals surface area (Å²) < 4.78 is 0. The molecule has 1 fully saturated rings. The third-order valence-corrected chi connectivity index (χ3v) is 4.87. The molecule has 1 aliphatic carbocycles. The zero-order valence-corrected chi connectivity index (χ0v) is 12.5. The minimum atomic E-state index is 0.0414. The highest BCUT2D eigenvalue weighted by Crippen LogP contribution is 2.56. The van der Waals surface area contributed by atoms with Crippen LogP contribution < -0.4 is 11.3 Å². The lowest BCUT2D eigenvalue weighted by molar-refractivity contribution is 0.439. The van der Waals surface area contributed by atoms with E-state index in [-0.39, 0.29) is 11.5 Å². The number of rotatable bonds is 4. The molecule has 2 nitrogen and oxygen atoms in total. The Morgan fingerprint density at radius 3 is 2.25 bits per heavy atom. The summed E-state index contributed by atoms with van der Waals surface area (Å²) >= 11 is 12.1. The highest BCUT2D eigenvalue weighted by molar-refractivity contribution is 6.42. The quantitative estimate of drug-likeness (QED) is 0.655. The lowest BCUT2D eigenvalue weighted by Gasteiger charge is -2.27. The van der Waals surface area contributed by atoms with Gasteiger partial charge in [0.2, 0.25) is 0 Å². The largest absolute Gasteiger partial charge is 0.271 e. The van der Waals surface area contributed by atoms with Crippen molar-refractivity contribution in [3.8, 4) is 0 Å². The predicted molar refractivity (Wildman–Crippen MR) is 83.9 cm³/mol. The van der Waals surface area contributed by atoms with E-state index >= 15 is 0 Å². The van der Waals surface area contributed by atoms with Crippen LogP contribution in [0.25, 0.3) is 0 Å². The van der Waals surface area contributed by atoms with Crippen LogP contribution in [0.15, 0.2) is 48.5 Å². The number of nitrogens with one attached hydrogen (secondary N) is 1. The second-order valence-electron chi connectivity index (χ2n) is 5.30. The van der Waals surface area contributed by atoms with Gasteiger partial charge in [0.1, 0.15) is 0 Å². The van der Waals surface area contributed by atoms with Crippen molar-refractivity contribution in [3.63, 3.8) is 0 Å². The van der Waals surface area contributed by atoms with E-state index in [4.69, 9.17) is 29.0 Å². The summed E-state index contributed by atoms with van der Waals surface area (Å²) in [5.41, 5.74) is 5.41. The summed E-state index contributed by atoms with van der Waals surface area (Å²) in [5.74, 6) is 5.83. The van der Waals surface area contributed by atoms with Crippen LogP contribution in [0, 0.1) is 0 Å². The normalized spacial score (nSPS) is 17.8. The molecule has 104 valence electrons. The number of hydrogen-bond acceptors (Lipinski definition) is 2. The Bertz CT molecular complexity index is 609. The number of benzene rings is 2. The van der Waals surface area contributed by atoms with Gasteiger partial charge in [0.25, 0.3) is 0 Å². The Morgan fingerprint density at radius 2 is 1.70 bits per heavy atom. The number of hydrogen-bond donors (Lipinski definition) is 2. The molecule has 0 radical (unpaired) electrons. The van der Waals surface area contributed by atoms with Gasteiger partial charge in [-0.25, -0.2) is 0 Å². The Kier molecular flexibility index (Phi) is 3.74. The van der Waals surface area contributed by atoms with E-state index in [9.17, 15) is 0 Å². The van der Waals surface area contributed by atoms with E-state index in [1.54, 1.807) is 0 Å². The van der Waals surface area contributed by atoms with Crippen LogP contribution in [0.3, 0.4) is 0 Å². The van der Waals surface area contributed by atoms with Crippen molar-refractivity contribution in [3.05, 3.63) is 69.7 Å². The maximum Gasteiger partial charge on any atom is 0.0595 e. The summed E-state index contributed by atoms with van der Waals surface area (Å²) in [6.45, 7) is 0. The molecule has 0 aromatic heterocycles. The number of halogens is 2. The highest BCUT2D eigenvalue weighted by Gasteiger charge is 2.50. The van der Waals surface area contributed by atoms with Gasteiger partial charge in [0, 0.05) is 5.41 Å². The van der Waals surface area contributed by atoms with Crippen molar-refractivity contribution in [1.29, 1.82) is 0 Å². The van der Waals surface area contributed by atoms with Crippen LogP contribution >= 0.6 is 23.2 Å². The van der Waals surface area contributed by atoms with E-state index < -0.39 is 0 Å². The molecule has 0 saturated heterocycles. The van der Waals surface area contributed by atoms with E-state index in [1.165, 1.54) is 5.56 Å². The lowest BCUT2D eigenvalue weighted by atomic mass is 9.84. The Balaban J connectivity index is 2.00. The zero-order valence-electron chi connectivity index (χ0n) is 10.9. The maximum atomic E-state index is 6.13. The van der Waals surface area contributed by atoms with Crippen LogP contribution in [0.5, 0.6) is 0 Å². The van der Waals surface area contributed by atoms with Gasteiger partial charge < -0.3 is 0 Å². The monoisotopic (exact) mass is 306 g/mol. The van der Waals surface area contributed by atoms with Gasteiger partial charge in [0.05, 0.1) is 16.1 Å². The summed E-state index contributed by atoms with van der Waals surface area (Å²) in [5, 5.41) is 1.13. The molecule has 2 aromatic rings. The molecule has 2 aromatic carbocycles. The number of nitrogens with two attached hydrogens (primary N) is 1. The summed E-state index contributed by atoms with van der Waals surface area (Å²) in [6, 6.07) is 16.2. The molecule has 0 spiro atoms. The second-order valence-corrected chi connectivity index (χ2v) is 6.11. The van der Waals surface area contributed by atoms with Crippen molar-refractivity contribution >= 4 is 23.2 Å². The van der Waals surface area contributed by atoms with Gasteiger partial charge in [0.15, 0.2) is 0 Å². The van der Waals surface area contributed by atoms with E-state index in [0.717, 1.165) is 18.4 Å². The Morgan fingerprint density at radius 1 is 1.00 bits per heavy atom. The molecule has 1 saturated carbocycles. The first-order valence-electron chi connectivity index (χ1n) is 6.64. The maximum absolute atomic E-state index is 6.13. The van der Waals surface area contributed by atoms with Gasteiger partial charge in [-0.3, -0.25) is 11.3 Å². The van der Waals surface area contributed by atoms with E-state index in [2.05, 4.69) is 29.7 Å². The van der Waals surface area contributed by atoms with Crippen LogP contribution in [0.1, 0.15) is 30.0 Å². The van der Waals surface area contributed by atoms with Gasteiger partial charge in [-0.2, -0.15) is 0 Å².